The number of aromatic hydroxyl groups is 1. The van der Waals surface area contributed by atoms with Crippen molar-refractivity contribution in [1.82, 2.24) is 19.2 Å². The molecule has 1 saturated heterocycles. The smallest absolute Gasteiger partial charge is 0.410 e. The quantitative estimate of drug-likeness (QED) is 0.476. The van der Waals surface area contributed by atoms with Crippen LogP contribution in [0.1, 0.15) is 32.0 Å². The average molecular weight is 538 g/mol. The molecule has 2 aromatic carbocycles. The molecule has 0 atom stereocenters. The molecular formula is C27H31N5O5S. The third-order valence-corrected chi connectivity index (χ3v) is 7.56. The molecule has 1 aliphatic rings. The highest BCUT2D eigenvalue weighted by Crippen LogP contribution is 2.22. The number of ether oxygens (including phenoxy) is 1. The number of amides is 1. The van der Waals surface area contributed by atoms with E-state index in [2.05, 4.69) is 15.3 Å². The van der Waals surface area contributed by atoms with Crippen molar-refractivity contribution in [2.45, 2.75) is 31.3 Å². The zero-order chi connectivity index (χ0) is 27.3. The van der Waals surface area contributed by atoms with Crippen molar-refractivity contribution in [2.75, 3.05) is 31.5 Å². The Bertz CT molecular complexity index is 1390. The standard InChI is InChI=1S/C27H31N5O5S/c1-27(2,3)37-26(34)31-13-15-32(16-14-31)38(35,36)24-11-9-21(10-12-24)30-25-19-28-22(18-29-25)8-7-20-5-4-6-23(33)17-20/h4-12,17-19,33H,13-16H2,1-3H3,(H,29,30). The number of hydrogen-bond donors (Lipinski definition) is 2. The van der Waals surface area contributed by atoms with Crippen LogP contribution in [0.4, 0.5) is 16.3 Å². The average Bonchev–Trinajstić information content (AvgIpc) is 2.88. The number of piperazine rings is 1. The summed E-state index contributed by atoms with van der Waals surface area (Å²) in [5.74, 6) is 0.700. The Balaban J connectivity index is 1.33. The van der Waals surface area contributed by atoms with E-state index in [-0.39, 0.29) is 36.8 Å². The number of rotatable bonds is 6. The lowest BCUT2D eigenvalue weighted by Crippen LogP contribution is -2.51. The summed E-state index contributed by atoms with van der Waals surface area (Å²) in [5, 5.41) is 12.7. The second-order valence-corrected chi connectivity index (χ2v) is 11.7. The minimum absolute atomic E-state index is 0.173. The van der Waals surface area contributed by atoms with Crippen LogP contribution in [0.25, 0.3) is 12.2 Å². The fourth-order valence-corrected chi connectivity index (χ4v) is 5.17. The maximum absolute atomic E-state index is 13.1. The van der Waals surface area contributed by atoms with E-state index in [4.69, 9.17) is 4.74 Å². The van der Waals surface area contributed by atoms with Gasteiger partial charge in [-0.05, 0) is 68.8 Å². The van der Waals surface area contributed by atoms with Crippen LogP contribution in [0.2, 0.25) is 0 Å². The van der Waals surface area contributed by atoms with Gasteiger partial charge >= 0.3 is 6.09 Å². The van der Waals surface area contributed by atoms with E-state index in [0.717, 1.165) is 5.56 Å². The summed E-state index contributed by atoms with van der Waals surface area (Å²) in [7, 11) is -3.70. The van der Waals surface area contributed by atoms with E-state index < -0.39 is 21.7 Å². The third kappa shape index (κ3) is 7.08. The first-order chi connectivity index (χ1) is 18.0. The molecule has 0 unspecified atom stereocenters. The van der Waals surface area contributed by atoms with E-state index in [1.165, 1.54) is 21.3 Å². The number of benzene rings is 2. The highest BCUT2D eigenvalue weighted by molar-refractivity contribution is 7.89. The van der Waals surface area contributed by atoms with Gasteiger partial charge in [-0.25, -0.2) is 18.2 Å². The molecule has 10 nitrogen and oxygen atoms in total. The van der Waals surface area contributed by atoms with Gasteiger partial charge in [-0.2, -0.15) is 4.31 Å². The molecule has 1 fully saturated rings. The summed E-state index contributed by atoms with van der Waals surface area (Å²) in [6.45, 7) is 6.32. The third-order valence-electron chi connectivity index (χ3n) is 5.64. The van der Waals surface area contributed by atoms with Crippen LogP contribution < -0.4 is 5.32 Å². The molecule has 38 heavy (non-hydrogen) atoms. The Kier molecular flexibility index (Phi) is 7.98. The van der Waals surface area contributed by atoms with E-state index in [0.29, 0.717) is 17.2 Å². The van der Waals surface area contributed by atoms with Gasteiger partial charge in [0.1, 0.15) is 17.2 Å². The van der Waals surface area contributed by atoms with Crippen LogP contribution in [-0.4, -0.2) is 70.6 Å². The van der Waals surface area contributed by atoms with Crippen molar-refractivity contribution in [1.29, 1.82) is 0 Å². The molecule has 0 radical (unpaired) electrons. The van der Waals surface area contributed by atoms with Crippen LogP contribution in [0.15, 0.2) is 65.8 Å². The Morgan fingerprint density at radius 2 is 1.71 bits per heavy atom. The number of carbonyl (C=O) groups excluding carboxylic acids is 1. The maximum Gasteiger partial charge on any atom is 0.410 e. The Morgan fingerprint density at radius 1 is 1.00 bits per heavy atom. The van der Waals surface area contributed by atoms with Gasteiger partial charge in [0.2, 0.25) is 10.0 Å². The number of sulfonamides is 1. The van der Waals surface area contributed by atoms with Gasteiger partial charge in [0, 0.05) is 31.9 Å². The molecule has 0 saturated carbocycles. The predicted molar refractivity (Wildman–Crippen MR) is 145 cm³/mol. The first-order valence-electron chi connectivity index (χ1n) is 12.1. The molecular weight excluding hydrogens is 506 g/mol. The lowest BCUT2D eigenvalue weighted by atomic mass is 10.2. The van der Waals surface area contributed by atoms with Crippen LogP contribution in [-0.2, 0) is 14.8 Å². The minimum Gasteiger partial charge on any atom is -0.508 e. The first-order valence-corrected chi connectivity index (χ1v) is 13.6. The van der Waals surface area contributed by atoms with Crippen LogP contribution in [0, 0.1) is 0 Å². The Morgan fingerprint density at radius 3 is 2.32 bits per heavy atom. The van der Waals surface area contributed by atoms with Gasteiger partial charge in [0.25, 0.3) is 0 Å². The van der Waals surface area contributed by atoms with Crippen molar-refractivity contribution < 1.29 is 23.1 Å². The van der Waals surface area contributed by atoms with Crippen molar-refractivity contribution in [3.05, 3.63) is 72.2 Å². The minimum atomic E-state index is -3.70. The molecule has 1 aromatic heterocycles. The van der Waals surface area contributed by atoms with Crippen LogP contribution in [0.3, 0.4) is 0 Å². The SMILES string of the molecule is CC(C)(C)OC(=O)N1CCN(S(=O)(=O)c2ccc(Nc3cnc(C=Cc4cccc(O)c4)cn3)cc2)CC1. The second-order valence-electron chi connectivity index (χ2n) is 9.78. The highest BCUT2D eigenvalue weighted by Gasteiger charge is 2.31. The largest absolute Gasteiger partial charge is 0.508 e. The summed E-state index contributed by atoms with van der Waals surface area (Å²) >= 11 is 0. The fourth-order valence-electron chi connectivity index (χ4n) is 3.74. The molecule has 2 N–H and O–H groups in total. The van der Waals surface area contributed by atoms with Gasteiger partial charge < -0.3 is 20.1 Å². The summed E-state index contributed by atoms with van der Waals surface area (Å²) in [4.78, 5) is 22.7. The zero-order valence-corrected chi connectivity index (χ0v) is 22.4. The molecule has 0 aliphatic carbocycles. The normalized spacial score (nSPS) is 15.0. The first kappa shape index (κ1) is 27.1. The van der Waals surface area contributed by atoms with Gasteiger partial charge in [0.05, 0.1) is 23.0 Å². The second kappa shape index (κ2) is 11.2. The van der Waals surface area contributed by atoms with Crippen LogP contribution >= 0.6 is 0 Å². The van der Waals surface area contributed by atoms with E-state index in [9.17, 15) is 18.3 Å². The summed E-state index contributed by atoms with van der Waals surface area (Å²) in [6.07, 6.45) is 6.37. The molecule has 3 aromatic rings. The van der Waals surface area contributed by atoms with Crippen LogP contribution in [0.5, 0.6) is 5.75 Å². The lowest BCUT2D eigenvalue weighted by molar-refractivity contribution is 0.0192. The van der Waals surface area contributed by atoms with Gasteiger partial charge in [-0.15, -0.1) is 0 Å². The summed E-state index contributed by atoms with van der Waals surface area (Å²) < 4.78 is 33.0. The molecule has 4 rings (SSSR count). The highest BCUT2D eigenvalue weighted by atomic mass is 32.2. The number of phenolic OH excluding ortho intramolecular Hbond substituents is 1. The maximum atomic E-state index is 13.1. The van der Waals surface area contributed by atoms with Gasteiger partial charge in [0.15, 0.2) is 0 Å². The summed E-state index contributed by atoms with van der Waals surface area (Å²) in [6, 6.07) is 13.3. The van der Waals surface area contributed by atoms with Crippen molar-refractivity contribution in [2.24, 2.45) is 0 Å². The van der Waals surface area contributed by atoms with E-state index in [1.54, 1.807) is 69.6 Å². The molecule has 2 heterocycles. The lowest BCUT2D eigenvalue weighted by Gasteiger charge is -2.35. The molecule has 0 bridgehead atoms. The number of nitrogens with one attached hydrogen (secondary N) is 1. The number of hydrogen-bond acceptors (Lipinski definition) is 8. The van der Waals surface area contributed by atoms with Crippen molar-refractivity contribution in [3.63, 3.8) is 0 Å². The molecule has 0 spiro atoms. The molecule has 1 aliphatic heterocycles. The zero-order valence-electron chi connectivity index (χ0n) is 21.5. The molecule has 11 heteroatoms. The number of nitrogens with zero attached hydrogens (tertiary/aromatic N) is 4. The Labute approximate surface area is 222 Å². The number of aromatic nitrogens is 2. The number of carbonyl (C=O) groups is 1. The van der Waals surface area contributed by atoms with E-state index >= 15 is 0 Å². The van der Waals surface area contributed by atoms with Gasteiger partial charge in [-0.1, -0.05) is 18.2 Å². The summed E-state index contributed by atoms with van der Waals surface area (Å²) in [5.41, 5.74) is 1.55. The Hall–Kier alpha value is -3.96. The molecule has 1 amide bonds. The van der Waals surface area contributed by atoms with Gasteiger partial charge in [-0.3, -0.25) is 4.98 Å². The van der Waals surface area contributed by atoms with Crippen molar-refractivity contribution >= 4 is 39.8 Å². The molecule has 200 valence electrons. The monoisotopic (exact) mass is 537 g/mol. The topological polar surface area (TPSA) is 125 Å². The predicted octanol–water partition coefficient (Wildman–Crippen LogP) is 4.34. The number of phenols is 1. The number of anilines is 2. The van der Waals surface area contributed by atoms with Crippen molar-refractivity contribution in [3.8, 4) is 5.75 Å². The fraction of sp³-hybridized carbons (Fsp3) is 0.296. The van der Waals surface area contributed by atoms with E-state index in [1.807, 2.05) is 12.1 Å².